The maximum atomic E-state index is 10.5. The minimum atomic E-state index is -0.676. The van der Waals surface area contributed by atoms with Gasteiger partial charge in [0, 0.05) is 18.7 Å². The second-order valence-electron chi connectivity index (χ2n) is 5.68. The Bertz CT molecular complexity index is 453. The van der Waals surface area contributed by atoms with E-state index in [0.717, 1.165) is 25.7 Å². The smallest absolute Gasteiger partial charge is 0.200 e. The molecule has 1 saturated carbocycles. The summed E-state index contributed by atoms with van der Waals surface area (Å²) in [6, 6.07) is 2.89. The second-order valence-corrected chi connectivity index (χ2v) is 5.68. The molecule has 0 aliphatic heterocycles. The van der Waals surface area contributed by atoms with Crippen LogP contribution < -0.4 is 5.32 Å². The summed E-state index contributed by atoms with van der Waals surface area (Å²) in [5, 5.41) is 42.0. The van der Waals surface area contributed by atoms with Crippen molar-refractivity contribution in [3.05, 3.63) is 17.7 Å². The average Bonchev–Trinajstić information content (AvgIpc) is 2.64. The summed E-state index contributed by atoms with van der Waals surface area (Å²) in [5.41, 5.74) is -0.178. The molecule has 20 heavy (non-hydrogen) atoms. The zero-order valence-corrected chi connectivity index (χ0v) is 11.6. The SMILES string of the molecule is Oc1ccc(CNCC2(O)CCCCCC2)c(O)c1O. The highest BCUT2D eigenvalue weighted by atomic mass is 16.3. The van der Waals surface area contributed by atoms with E-state index >= 15 is 0 Å². The van der Waals surface area contributed by atoms with E-state index in [1.807, 2.05) is 0 Å². The van der Waals surface area contributed by atoms with Crippen molar-refractivity contribution in [1.29, 1.82) is 0 Å². The van der Waals surface area contributed by atoms with Gasteiger partial charge in [0.25, 0.3) is 0 Å². The first-order valence-electron chi connectivity index (χ1n) is 7.18. The molecule has 0 bridgehead atoms. The molecule has 5 heteroatoms. The molecule has 112 valence electrons. The quantitative estimate of drug-likeness (QED) is 0.430. The number of aliphatic hydroxyl groups is 1. The van der Waals surface area contributed by atoms with Crippen molar-refractivity contribution >= 4 is 0 Å². The van der Waals surface area contributed by atoms with Crippen LogP contribution >= 0.6 is 0 Å². The summed E-state index contributed by atoms with van der Waals surface area (Å²) in [6.45, 7) is 0.802. The minimum absolute atomic E-state index is 0.314. The molecule has 2 rings (SSSR count). The summed E-state index contributed by atoms with van der Waals surface area (Å²) in [4.78, 5) is 0. The van der Waals surface area contributed by atoms with E-state index in [1.165, 1.54) is 18.9 Å². The van der Waals surface area contributed by atoms with Gasteiger partial charge in [0.1, 0.15) is 0 Å². The first kappa shape index (κ1) is 14.9. The number of hydrogen-bond donors (Lipinski definition) is 5. The number of rotatable bonds is 4. The molecular formula is C15H23NO4. The van der Waals surface area contributed by atoms with Gasteiger partial charge in [0.2, 0.25) is 5.75 Å². The summed E-state index contributed by atoms with van der Waals surface area (Å²) < 4.78 is 0. The molecule has 0 atom stereocenters. The van der Waals surface area contributed by atoms with Crippen LogP contribution in [0, 0.1) is 0 Å². The molecule has 0 aromatic heterocycles. The summed E-state index contributed by atoms with van der Waals surface area (Å²) in [7, 11) is 0. The lowest BCUT2D eigenvalue weighted by atomic mass is 9.94. The predicted octanol–water partition coefficient (Wildman–Crippen LogP) is 1.98. The van der Waals surface area contributed by atoms with E-state index in [1.54, 1.807) is 6.07 Å². The Kier molecular flexibility index (Phi) is 4.73. The van der Waals surface area contributed by atoms with Crippen LogP contribution in [0.25, 0.3) is 0 Å². The van der Waals surface area contributed by atoms with Gasteiger partial charge in [-0.25, -0.2) is 0 Å². The van der Waals surface area contributed by atoms with Crippen molar-refractivity contribution in [2.24, 2.45) is 0 Å². The molecule has 1 aromatic carbocycles. The monoisotopic (exact) mass is 281 g/mol. The third kappa shape index (κ3) is 3.55. The van der Waals surface area contributed by atoms with Gasteiger partial charge in [0.05, 0.1) is 5.60 Å². The molecule has 5 N–H and O–H groups in total. The first-order valence-corrected chi connectivity index (χ1v) is 7.18. The molecule has 5 nitrogen and oxygen atoms in total. The van der Waals surface area contributed by atoms with Crippen molar-refractivity contribution in [2.45, 2.75) is 50.7 Å². The normalized spacial score (nSPS) is 18.6. The van der Waals surface area contributed by atoms with Gasteiger partial charge in [-0.3, -0.25) is 0 Å². The van der Waals surface area contributed by atoms with Crippen LogP contribution in [0.5, 0.6) is 17.2 Å². The number of benzene rings is 1. The molecule has 1 aliphatic carbocycles. The molecule has 0 heterocycles. The highest BCUT2D eigenvalue weighted by Gasteiger charge is 2.27. The van der Waals surface area contributed by atoms with Crippen molar-refractivity contribution in [3.63, 3.8) is 0 Å². The van der Waals surface area contributed by atoms with Crippen LogP contribution in [0.2, 0.25) is 0 Å². The van der Waals surface area contributed by atoms with Gasteiger partial charge in [-0.1, -0.05) is 31.7 Å². The van der Waals surface area contributed by atoms with Gasteiger partial charge in [-0.2, -0.15) is 0 Å². The minimum Gasteiger partial charge on any atom is -0.504 e. The topological polar surface area (TPSA) is 93.0 Å². The van der Waals surface area contributed by atoms with Crippen LogP contribution in [0.15, 0.2) is 12.1 Å². The second kappa shape index (κ2) is 6.33. The molecule has 1 aromatic rings. The van der Waals surface area contributed by atoms with E-state index < -0.39 is 11.4 Å². The Morgan fingerprint density at radius 3 is 2.25 bits per heavy atom. The van der Waals surface area contributed by atoms with E-state index in [-0.39, 0.29) is 11.5 Å². The Balaban J connectivity index is 1.91. The maximum Gasteiger partial charge on any atom is 0.200 e. The third-order valence-electron chi connectivity index (χ3n) is 4.02. The van der Waals surface area contributed by atoms with Crippen molar-refractivity contribution in [2.75, 3.05) is 6.54 Å². The van der Waals surface area contributed by atoms with Crippen molar-refractivity contribution in [1.82, 2.24) is 5.32 Å². The van der Waals surface area contributed by atoms with Crippen LogP contribution in [0.4, 0.5) is 0 Å². The van der Waals surface area contributed by atoms with E-state index in [4.69, 9.17) is 0 Å². The predicted molar refractivity (Wildman–Crippen MR) is 75.8 cm³/mol. The average molecular weight is 281 g/mol. The number of phenols is 3. The fourth-order valence-corrected chi connectivity index (χ4v) is 2.75. The summed E-state index contributed by atoms with van der Waals surface area (Å²) in [6.07, 6.45) is 6.04. The molecular weight excluding hydrogens is 258 g/mol. The standard InChI is InChI=1S/C15H23NO4/c17-12-6-5-11(13(18)14(12)19)9-16-10-15(20)7-3-1-2-4-8-15/h5-6,16-20H,1-4,7-10H2. The number of hydrogen-bond acceptors (Lipinski definition) is 5. The van der Waals surface area contributed by atoms with Gasteiger partial charge < -0.3 is 25.7 Å². The molecule has 0 amide bonds. The zero-order valence-electron chi connectivity index (χ0n) is 11.6. The molecule has 0 unspecified atom stereocenters. The fraction of sp³-hybridized carbons (Fsp3) is 0.600. The first-order chi connectivity index (χ1) is 9.52. The van der Waals surface area contributed by atoms with Gasteiger partial charge in [-0.15, -0.1) is 0 Å². The van der Waals surface area contributed by atoms with Crippen LogP contribution in [0.3, 0.4) is 0 Å². The fourth-order valence-electron chi connectivity index (χ4n) is 2.75. The molecule has 0 radical (unpaired) electrons. The van der Waals surface area contributed by atoms with E-state index in [0.29, 0.717) is 18.7 Å². The third-order valence-corrected chi connectivity index (χ3v) is 4.02. The highest BCUT2D eigenvalue weighted by molar-refractivity contribution is 5.52. The number of nitrogens with one attached hydrogen (secondary N) is 1. The highest BCUT2D eigenvalue weighted by Crippen LogP contribution is 2.37. The molecule has 1 fully saturated rings. The Morgan fingerprint density at radius 2 is 1.60 bits per heavy atom. The maximum absolute atomic E-state index is 10.5. The summed E-state index contributed by atoms with van der Waals surface area (Å²) in [5.74, 6) is -1.16. The van der Waals surface area contributed by atoms with Crippen LogP contribution in [0.1, 0.15) is 44.1 Å². The largest absolute Gasteiger partial charge is 0.504 e. The lowest BCUT2D eigenvalue weighted by Gasteiger charge is -2.27. The van der Waals surface area contributed by atoms with Crippen LogP contribution in [-0.2, 0) is 6.54 Å². The van der Waals surface area contributed by atoms with E-state index in [9.17, 15) is 20.4 Å². The molecule has 1 aliphatic rings. The van der Waals surface area contributed by atoms with Gasteiger partial charge in [-0.05, 0) is 18.9 Å². The van der Waals surface area contributed by atoms with Crippen LogP contribution in [-0.4, -0.2) is 32.6 Å². The van der Waals surface area contributed by atoms with Gasteiger partial charge >= 0.3 is 0 Å². The number of aromatic hydroxyl groups is 3. The Labute approximate surface area is 118 Å². The van der Waals surface area contributed by atoms with Crippen molar-refractivity contribution < 1.29 is 20.4 Å². The summed E-state index contributed by atoms with van der Waals surface area (Å²) >= 11 is 0. The van der Waals surface area contributed by atoms with Crippen molar-refractivity contribution in [3.8, 4) is 17.2 Å². The van der Waals surface area contributed by atoms with Gasteiger partial charge in [0.15, 0.2) is 11.5 Å². The number of phenolic OH excluding ortho intramolecular Hbond substituents is 3. The lowest BCUT2D eigenvalue weighted by molar-refractivity contribution is 0.0250. The zero-order chi connectivity index (χ0) is 14.6. The molecule has 0 saturated heterocycles. The van der Waals surface area contributed by atoms with E-state index in [2.05, 4.69) is 5.32 Å². The molecule has 0 spiro atoms. The Hall–Kier alpha value is -1.46. The lowest BCUT2D eigenvalue weighted by Crippen LogP contribution is -2.39. The Morgan fingerprint density at radius 1 is 0.950 bits per heavy atom.